The second kappa shape index (κ2) is 21.9. The van der Waals surface area contributed by atoms with E-state index in [1.54, 1.807) is 0 Å². The highest BCUT2D eigenvalue weighted by atomic mass is 15.2. The van der Waals surface area contributed by atoms with E-state index in [0.717, 1.165) is 93.0 Å². The van der Waals surface area contributed by atoms with Crippen LogP contribution in [0.15, 0.2) is 267 Å². The molecule has 1 aliphatic carbocycles. The summed E-state index contributed by atoms with van der Waals surface area (Å²) in [6.45, 7) is 10.1. The Hall–Kier alpha value is -8.46. The largest absolute Gasteiger partial charge is 0.337 e. The minimum atomic E-state index is 0.620. The second-order valence-corrected chi connectivity index (χ2v) is 18.3. The van der Waals surface area contributed by atoms with Crippen molar-refractivity contribution in [1.29, 1.82) is 0 Å². The number of nitrogens with zero attached hydrogens (tertiary/aromatic N) is 2. The van der Waals surface area contributed by atoms with Gasteiger partial charge in [-0.15, -0.1) is 0 Å². The summed E-state index contributed by atoms with van der Waals surface area (Å²) in [5.74, 6) is 0. The van der Waals surface area contributed by atoms with Gasteiger partial charge in [-0.2, -0.15) is 0 Å². The Balaban J connectivity index is 1.31. The Morgan fingerprint density at radius 2 is 1.24 bits per heavy atom. The van der Waals surface area contributed by atoms with Gasteiger partial charge in [0, 0.05) is 34.9 Å². The fourth-order valence-corrected chi connectivity index (χ4v) is 10.0. The van der Waals surface area contributed by atoms with Gasteiger partial charge in [-0.3, -0.25) is 0 Å². The maximum absolute atomic E-state index is 4.98. The zero-order valence-electron chi connectivity index (χ0n) is 40.9. The van der Waals surface area contributed by atoms with Crippen LogP contribution in [-0.4, -0.2) is 6.54 Å². The normalized spacial score (nSPS) is 14.5. The predicted octanol–water partition coefficient (Wildman–Crippen LogP) is 18.8. The fraction of sp³-hybridized carbons (Fsp3) is 0.101. The van der Waals surface area contributed by atoms with Crippen molar-refractivity contribution in [2.45, 2.75) is 39.5 Å². The first-order valence-electron chi connectivity index (χ1n) is 25.1. The number of hydrogen-bond donors (Lipinski definition) is 0. The summed E-state index contributed by atoms with van der Waals surface area (Å²) in [5.41, 5.74) is 21.9. The fourth-order valence-electron chi connectivity index (χ4n) is 10.0. The Bertz CT molecular complexity index is 3330. The van der Waals surface area contributed by atoms with E-state index in [4.69, 9.17) is 6.58 Å². The van der Waals surface area contributed by atoms with Crippen LogP contribution in [0.2, 0.25) is 0 Å². The van der Waals surface area contributed by atoms with Crippen molar-refractivity contribution in [3.05, 3.63) is 295 Å². The van der Waals surface area contributed by atoms with Crippen molar-refractivity contribution in [3.63, 3.8) is 0 Å². The SMILES string of the molecule is C=C1/C=C(/c2ccccc2)C=CCN(c2cc(-c3ccccc3)ccc2C)c2cc(-c3ccccc3)cc(c2C(/C=C\Cc2ccccc2)=C/CC)-c2ccc(N(C3=CC=CCC3)c3ccccc3)cc21. The molecule has 2 nitrogen and oxygen atoms in total. The minimum Gasteiger partial charge on any atom is -0.337 e. The van der Waals surface area contributed by atoms with Crippen LogP contribution in [0, 0.1) is 6.92 Å². The standard InChI is InChI=1S/C69H60N2/c1-4-25-57(35-23-28-53-26-11-5-12-27-53)69-66-47-60(56-33-17-8-18-34-56)49-68(69)70(67-48-59(42-41-51(67)2)55-31-15-7-16-32-55)45-24-36-58(54-29-13-6-14-30-54)46-52(3)65-50-63(43-44-64(65)66)71(61-37-19-9-20-38-61)62-39-21-10-22-40-62/h5-21,23-27,29-39,41-44,46-50H,3-4,22,28,40,45H2,1-2H3/b35-23-,36-24?,57-25+,58-46+. The number of benzene rings is 8. The molecular formula is C69H60N2. The number of rotatable bonds is 12. The number of anilines is 4. The summed E-state index contributed by atoms with van der Waals surface area (Å²) in [6.07, 6.45) is 24.4. The van der Waals surface area contributed by atoms with E-state index in [-0.39, 0.29) is 0 Å². The third-order valence-corrected chi connectivity index (χ3v) is 13.5. The Morgan fingerprint density at radius 3 is 1.92 bits per heavy atom. The molecule has 346 valence electrons. The van der Waals surface area contributed by atoms with Crippen molar-refractivity contribution in [2.24, 2.45) is 0 Å². The lowest BCUT2D eigenvalue weighted by Crippen LogP contribution is -2.20. The van der Waals surface area contributed by atoms with Crippen molar-refractivity contribution in [3.8, 4) is 33.4 Å². The second-order valence-electron chi connectivity index (χ2n) is 18.3. The zero-order chi connectivity index (χ0) is 48.4. The van der Waals surface area contributed by atoms with Crippen molar-refractivity contribution >= 4 is 39.5 Å². The molecule has 10 rings (SSSR count). The van der Waals surface area contributed by atoms with Gasteiger partial charge in [0.25, 0.3) is 0 Å². The summed E-state index contributed by atoms with van der Waals surface area (Å²) in [4.78, 5) is 4.99. The topological polar surface area (TPSA) is 6.48 Å². The van der Waals surface area contributed by atoms with Crippen LogP contribution in [0.3, 0.4) is 0 Å². The first-order valence-corrected chi connectivity index (χ1v) is 25.1. The van der Waals surface area contributed by atoms with Gasteiger partial charge in [0.2, 0.25) is 0 Å². The van der Waals surface area contributed by atoms with Crippen LogP contribution < -0.4 is 9.80 Å². The molecule has 0 amide bonds. The van der Waals surface area contributed by atoms with E-state index >= 15 is 0 Å². The summed E-state index contributed by atoms with van der Waals surface area (Å²) in [5, 5.41) is 0. The van der Waals surface area contributed by atoms with E-state index in [0.29, 0.717) is 6.54 Å². The third kappa shape index (κ3) is 10.4. The van der Waals surface area contributed by atoms with Gasteiger partial charge in [-0.05, 0) is 160 Å². The van der Waals surface area contributed by atoms with Crippen molar-refractivity contribution in [1.82, 2.24) is 0 Å². The van der Waals surface area contributed by atoms with Gasteiger partial charge in [0.15, 0.2) is 0 Å². The average Bonchev–Trinajstić information content (AvgIpc) is 3.43. The number of para-hydroxylation sites is 1. The molecule has 2 bridgehead atoms. The molecule has 0 spiro atoms. The molecule has 0 aromatic heterocycles. The Labute approximate surface area is 421 Å². The van der Waals surface area contributed by atoms with Crippen LogP contribution in [-0.2, 0) is 6.42 Å². The van der Waals surface area contributed by atoms with Gasteiger partial charge in [-0.25, -0.2) is 0 Å². The molecule has 8 aromatic carbocycles. The lowest BCUT2D eigenvalue weighted by molar-refractivity contribution is 0.917. The van der Waals surface area contributed by atoms with E-state index < -0.39 is 0 Å². The molecule has 0 saturated heterocycles. The smallest absolute Gasteiger partial charge is 0.0505 e. The number of fused-ring (bicyclic) bond motifs is 4. The number of allylic oxidation sites excluding steroid dienone is 12. The van der Waals surface area contributed by atoms with Gasteiger partial charge in [0.05, 0.1) is 5.69 Å². The maximum atomic E-state index is 4.98. The first-order chi connectivity index (χ1) is 35.0. The molecule has 1 aliphatic heterocycles. The van der Waals surface area contributed by atoms with Gasteiger partial charge in [-0.1, -0.05) is 214 Å². The molecule has 0 N–H and O–H groups in total. The molecule has 2 aliphatic rings. The molecule has 0 saturated carbocycles. The van der Waals surface area contributed by atoms with E-state index in [1.807, 2.05) is 0 Å². The van der Waals surface area contributed by atoms with E-state index in [1.165, 1.54) is 39.1 Å². The minimum absolute atomic E-state index is 0.620. The number of hydrogen-bond acceptors (Lipinski definition) is 2. The molecular weight excluding hydrogens is 857 g/mol. The van der Waals surface area contributed by atoms with Crippen LogP contribution in [0.4, 0.5) is 22.7 Å². The zero-order valence-corrected chi connectivity index (χ0v) is 40.9. The third-order valence-electron chi connectivity index (χ3n) is 13.5. The van der Waals surface area contributed by atoms with Crippen LogP contribution >= 0.6 is 0 Å². The van der Waals surface area contributed by atoms with Crippen molar-refractivity contribution < 1.29 is 0 Å². The predicted molar refractivity (Wildman–Crippen MR) is 306 cm³/mol. The van der Waals surface area contributed by atoms with Gasteiger partial charge >= 0.3 is 0 Å². The van der Waals surface area contributed by atoms with Crippen LogP contribution in [0.5, 0.6) is 0 Å². The quantitative estimate of drug-likeness (QED) is 0.113. The molecule has 71 heavy (non-hydrogen) atoms. The first kappa shape index (κ1) is 46.3. The number of aryl methyl sites for hydroxylation is 1. The highest BCUT2D eigenvalue weighted by molar-refractivity contribution is 6.01. The van der Waals surface area contributed by atoms with Gasteiger partial charge in [0.1, 0.15) is 0 Å². The van der Waals surface area contributed by atoms with E-state index in [9.17, 15) is 0 Å². The molecule has 0 unspecified atom stereocenters. The molecule has 8 aromatic rings. The van der Waals surface area contributed by atoms with Crippen molar-refractivity contribution in [2.75, 3.05) is 16.3 Å². The summed E-state index contributed by atoms with van der Waals surface area (Å²) in [7, 11) is 0. The summed E-state index contributed by atoms with van der Waals surface area (Å²) in [6, 6.07) is 72.8. The molecule has 0 atom stereocenters. The lowest BCUT2D eigenvalue weighted by Gasteiger charge is -2.32. The summed E-state index contributed by atoms with van der Waals surface area (Å²) >= 11 is 0. The average molecular weight is 917 g/mol. The van der Waals surface area contributed by atoms with Crippen LogP contribution in [0.1, 0.15) is 54.0 Å². The Kier molecular flexibility index (Phi) is 14.3. The van der Waals surface area contributed by atoms with Gasteiger partial charge < -0.3 is 9.80 Å². The lowest BCUT2D eigenvalue weighted by atomic mass is 9.84. The van der Waals surface area contributed by atoms with Crippen LogP contribution in [0.25, 0.3) is 50.1 Å². The molecule has 0 fully saturated rings. The highest BCUT2D eigenvalue weighted by Gasteiger charge is 2.26. The molecule has 0 radical (unpaired) electrons. The molecule has 1 heterocycles. The monoisotopic (exact) mass is 916 g/mol. The molecule has 2 heteroatoms. The van der Waals surface area contributed by atoms with E-state index in [2.05, 4.69) is 279 Å². The Morgan fingerprint density at radius 1 is 0.592 bits per heavy atom. The summed E-state index contributed by atoms with van der Waals surface area (Å²) < 4.78 is 0. The maximum Gasteiger partial charge on any atom is 0.0505 e. The highest BCUT2D eigenvalue weighted by Crippen LogP contribution is 2.48.